The van der Waals surface area contributed by atoms with Gasteiger partial charge in [-0.1, -0.05) is 84.9 Å². The number of benzene rings is 4. The highest BCUT2D eigenvalue weighted by molar-refractivity contribution is 5.94. The van der Waals surface area contributed by atoms with Crippen LogP contribution < -0.4 is 11.5 Å². The number of anilines is 2. The number of pyridine rings is 2. The molecule has 0 saturated heterocycles. The van der Waals surface area contributed by atoms with Gasteiger partial charge in [0.25, 0.3) is 0 Å². The summed E-state index contributed by atoms with van der Waals surface area (Å²) < 4.78 is 0. The molecule has 0 aliphatic rings. The number of carbonyl (C=O) groups is 1. The summed E-state index contributed by atoms with van der Waals surface area (Å²) in [7, 11) is 0. The van der Waals surface area contributed by atoms with E-state index in [4.69, 9.17) is 11.5 Å². The molecule has 4 heterocycles. The fraction of sp³-hybridized carbons (Fsp3) is 0. The third-order valence-electron chi connectivity index (χ3n) is 8.00. The van der Waals surface area contributed by atoms with Crippen LogP contribution in [0.4, 0.5) is 11.6 Å². The Hall–Kier alpha value is -7.58. The fourth-order valence-corrected chi connectivity index (χ4v) is 5.58. The fourth-order valence-electron chi connectivity index (χ4n) is 5.58. The van der Waals surface area contributed by atoms with Gasteiger partial charge in [0.15, 0.2) is 23.0 Å². The molecule has 4 aromatic carbocycles. The van der Waals surface area contributed by atoms with Crippen LogP contribution in [0.1, 0.15) is 16.2 Å². The number of hydrogen-bond acceptors (Lipinski definition) is 10. The minimum atomic E-state index is -1.21. The topological polar surface area (TPSA) is 190 Å². The molecule has 11 heteroatoms. The lowest BCUT2D eigenvalue weighted by atomic mass is 10.0. The first-order valence-corrected chi connectivity index (χ1v) is 15.7. The molecule has 0 aliphatic carbocycles. The zero-order valence-corrected chi connectivity index (χ0v) is 26.8. The second-order valence-electron chi connectivity index (χ2n) is 11.3. The van der Waals surface area contributed by atoms with E-state index in [0.29, 0.717) is 22.8 Å². The van der Waals surface area contributed by atoms with Crippen LogP contribution in [0, 0.1) is 11.3 Å². The maximum absolute atomic E-state index is 11.5. The second-order valence-corrected chi connectivity index (χ2v) is 11.3. The van der Waals surface area contributed by atoms with Gasteiger partial charge in [0.05, 0.1) is 33.8 Å². The number of fused-ring (bicyclic) bond motifs is 2. The van der Waals surface area contributed by atoms with Gasteiger partial charge < -0.3 is 16.6 Å². The predicted octanol–water partition coefficient (Wildman–Crippen LogP) is 7.45. The summed E-state index contributed by atoms with van der Waals surface area (Å²) in [6.45, 7) is 0. The van der Waals surface area contributed by atoms with Crippen LogP contribution in [0.15, 0.2) is 134 Å². The van der Waals surface area contributed by atoms with Crippen LogP contribution in [0.5, 0.6) is 0 Å². The van der Waals surface area contributed by atoms with Gasteiger partial charge in [0.2, 0.25) is 0 Å². The van der Waals surface area contributed by atoms with Gasteiger partial charge in [0.1, 0.15) is 6.07 Å². The lowest BCUT2D eigenvalue weighted by Gasteiger charge is -2.12. The smallest absolute Gasteiger partial charge is 0.358 e. The first-order valence-electron chi connectivity index (χ1n) is 15.7. The van der Waals surface area contributed by atoms with Crippen LogP contribution in [-0.4, -0.2) is 41.0 Å². The number of carboxylic acid groups (broad SMARTS) is 1. The quantitative estimate of drug-likeness (QED) is 0.165. The summed E-state index contributed by atoms with van der Waals surface area (Å²) in [6.07, 6.45) is 3.48. The highest BCUT2D eigenvalue weighted by atomic mass is 16.4. The molecule has 4 aromatic heterocycles. The van der Waals surface area contributed by atoms with Crippen molar-refractivity contribution < 1.29 is 9.90 Å². The average molecular weight is 666 g/mol. The summed E-state index contributed by atoms with van der Waals surface area (Å²) in [4.78, 5) is 37.7. The van der Waals surface area contributed by atoms with E-state index in [2.05, 4.69) is 29.9 Å². The maximum atomic E-state index is 11.5. The molecule has 0 bridgehead atoms. The number of hydrogen-bond donors (Lipinski definition) is 3. The Morgan fingerprint density at radius 1 is 0.549 bits per heavy atom. The average Bonchev–Trinajstić information content (AvgIpc) is 3.18. The standard InChI is InChI=1S/C20H13N5.C20H14N4O2/c21-12-17-20(22)25-18(13-5-2-1-3-6-13)19(24-17)15-8-9-16-14(11-15)7-4-10-23-16;21-19-18(20(25)26)23-17(16(24-19)12-5-2-1-3-6-12)14-8-9-15-13(11-14)7-4-10-22-15/h1-11H,(H2,22,25);1-11H,(H2,21,24)(H,25,26). The monoisotopic (exact) mass is 665 g/mol. The Morgan fingerprint density at radius 3 is 1.51 bits per heavy atom. The highest BCUT2D eigenvalue weighted by Gasteiger charge is 2.20. The number of nitrogens with two attached hydrogens (primary N) is 2. The van der Waals surface area contributed by atoms with Gasteiger partial charge in [0, 0.05) is 45.4 Å². The zero-order valence-electron chi connectivity index (χ0n) is 26.8. The highest BCUT2D eigenvalue weighted by Crippen LogP contribution is 2.33. The van der Waals surface area contributed by atoms with Crippen molar-refractivity contribution >= 4 is 39.4 Å². The Labute approximate surface area is 291 Å². The lowest BCUT2D eigenvalue weighted by molar-refractivity contribution is 0.0691. The molecular formula is C40H27N9O2. The van der Waals surface area contributed by atoms with E-state index in [-0.39, 0.29) is 23.0 Å². The van der Waals surface area contributed by atoms with Gasteiger partial charge in [-0.2, -0.15) is 5.26 Å². The van der Waals surface area contributed by atoms with Crippen molar-refractivity contribution in [2.75, 3.05) is 11.5 Å². The molecule has 0 saturated carbocycles. The third-order valence-corrected chi connectivity index (χ3v) is 8.00. The minimum absolute atomic E-state index is 0.109. The van der Waals surface area contributed by atoms with Crippen molar-refractivity contribution in [2.45, 2.75) is 0 Å². The SMILES string of the molecule is N#Cc1nc(-c2ccc3ncccc3c2)c(-c2ccccc2)nc1N.Nc1nc(-c2ccccc2)c(-c2ccc3ncccc3c2)nc1C(=O)O. The Kier molecular flexibility index (Phi) is 8.70. The van der Waals surface area contributed by atoms with Crippen molar-refractivity contribution in [2.24, 2.45) is 0 Å². The van der Waals surface area contributed by atoms with E-state index in [0.717, 1.165) is 44.1 Å². The van der Waals surface area contributed by atoms with Crippen LogP contribution in [0.25, 0.3) is 66.8 Å². The first-order chi connectivity index (χ1) is 24.9. The molecule has 5 N–H and O–H groups in total. The van der Waals surface area contributed by atoms with Crippen LogP contribution in [-0.2, 0) is 0 Å². The lowest BCUT2D eigenvalue weighted by Crippen LogP contribution is -2.10. The van der Waals surface area contributed by atoms with E-state index in [1.54, 1.807) is 12.4 Å². The molecule has 0 atom stereocenters. The van der Waals surface area contributed by atoms with Crippen molar-refractivity contribution in [1.82, 2.24) is 29.9 Å². The number of nitriles is 1. The van der Waals surface area contributed by atoms with Crippen molar-refractivity contribution in [3.8, 4) is 51.1 Å². The van der Waals surface area contributed by atoms with E-state index < -0.39 is 5.97 Å². The molecule has 244 valence electrons. The Morgan fingerprint density at radius 2 is 1.02 bits per heavy atom. The summed E-state index contributed by atoms with van der Waals surface area (Å²) in [5, 5.41) is 20.6. The van der Waals surface area contributed by atoms with Crippen LogP contribution in [0.3, 0.4) is 0 Å². The minimum Gasteiger partial charge on any atom is -0.476 e. The number of nitrogen functional groups attached to an aromatic ring is 2. The predicted molar refractivity (Wildman–Crippen MR) is 197 cm³/mol. The number of aromatic nitrogens is 6. The van der Waals surface area contributed by atoms with E-state index in [1.807, 2.05) is 127 Å². The van der Waals surface area contributed by atoms with E-state index >= 15 is 0 Å². The second kappa shape index (κ2) is 13.9. The van der Waals surface area contributed by atoms with Crippen LogP contribution >= 0.6 is 0 Å². The maximum Gasteiger partial charge on any atom is 0.358 e. The van der Waals surface area contributed by atoms with Gasteiger partial charge >= 0.3 is 5.97 Å². The van der Waals surface area contributed by atoms with Crippen LogP contribution in [0.2, 0.25) is 0 Å². The van der Waals surface area contributed by atoms with E-state index in [9.17, 15) is 15.2 Å². The molecule has 0 spiro atoms. The zero-order chi connectivity index (χ0) is 35.3. The normalized spacial score (nSPS) is 10.6. The molecule has 0 fully saturated rings. The number of aromatic carboxylic acids is 1. The summed E-state index contributed by atoms with van der Waals surface area (Å²) >= 11 is 0. The van der Waals surface area contributed by atoms with Crippen molar-refractivity contribution in [3.05, 3.63) is 145 Å². The molecule has 51 heavy (non-hydrogen) atoms. The molecular weight excluding hydrogens is 639 g/mol. The number of nitrogens with zero attached hydrogens (tertiary/aromatic N) is 7. The molecule has 0 radical (unpaired) electrons. The molecule has 0 amide bonds. The van der Waals surface area contributed by atoms with Crippen molar-refractivity contribution in [1.29, 1.82) is 5.26 Å². The third kappa shape index (κ3) is 6.61. The van der Waals surface area contributed by atoms with Gasteiger partial charge in [-0.3, -0.25) is 9.97 Å². The van der Waals surface area contributed by atoms with Gasteiger partial charge in [-0.05, 0) is 36.4 Å². The molecule has 11 nitrogen and oxygen atoms in total. The Bertz CT molecular complexity index is 2610. The molecule has 8 aromatic rings. The molecule has 0 aliphatic heterocycles. The van der Waals surface area contributed by atoms with Gasteiger partial charge in [-0.15, -0.1) is 0 Å². The summed E-state index contributed by atoms with van der Waals surface area (Å²) in [5.41, 5.74) is 19.0. The largest absolute Gasteiger partial charge is 0.476 e. The van der Waals surface area contributed by atoms with E-state index in [1.165, 1.54) is 0 Å². The summed E-state index contributed by atoms with van der Waals surface area (Å²) in [5.74, 6) is -1.19. The first kappa shape index (κ1) is 32.0. The molecule has 0 unspecified atom stereocenters. The Balaban J connectivity index is 0.000000159. The van der Waals surface area contributed by atoms with Gasteiger partial charge in [-0.25, -0.2) is 24.7 Å². The summed E-state index contributed by atoms with van der Waals surface area (Å²) in [6, 6.07) is 40.3. The number of rotatable bonds is 5. The molecule has 8 rings (SSSR count). The number of carboxylic acids is 1. The van der Waals surface area contributed by atoms with Crippen molar-refractivity contribution in [3.63, 3.8) is 0 Å².